The van der Waals surface area contributed by atoms with E-state index in [9.17, 15) is 9.90 Å². The Bertz CT molecular complexity index is 649. The van der Waals surface area contributed by atoms with E-state index in [4.69, 9.17) is 20.6 Å². The third kappa shape index (κ3) is 5.96. The molecule has 1 saturated heterocycles. The van der Waals surface area contributed by atoms with Gasteiger partial charge in [-0.2, -0.15) is 0 Å². The topological polar surface area (TPSA) is 68.2 Å². The monoisotopic (exact) mass is 375 g/mol. The third-order valence-corrected chi connectivity index (χ3v) is 4.34. The van der Waals surface area contributed by atoms with Crippen molar-refractivity contribution in [2.24, 2.45) is 0 Å². The van der Waals surface area contributed by atoms with E-state index < -0.39 is 36.0 Å². The highest BCUT2D eigenvalue weighted by Gasteiger charge is 2.44. The number of benzene rings is 1. The van der Waals surface area contributed by atoms with Crippen LogP contribution < -0.4 is 0 Å². The molecule has 1 fully saturated rings. The number of hydrogen-bond donors (Lipinski definition) is 1. The second-order valence-corrected chi connectivity index (χ2v) is 7.69. The minimum absolute atomic E-state index is 0.230. The smallest absolute Gasteiger partial charge is 0.410 e. The Morgan fingerprint density at radius 3 is 2.63 bits per heavy atom. The molecular formula is C21H29NO5. The van der Waals surface area contributed by atoms with Gasteiger partial charge in [-0.3, -0.25) is 0 Å². The van der Waals surface area contributed by atoms with E-state index in [0.29, 0.717) is 6.61 Å². The predicted octanol–water partition coefficient (Wildman–Crippen LogP) is 2.59. The number of aliphatic hydroxyl groups is 1. The zero-order valence-electron chi connectivity index (χ0n) is 16.4. The average molecular weight is 375 g/mol. The first-order valence-electron chi connectivity index (χ1n) is 9.07. The molecule has 6 nitrogen and oxygen atoms in total. The van der Waals surface area contributed by atoms with E-state index in [1.54, 1.807) is 27.8 Å². The van der Waals surface area contributed by atoms with Gasteiger partial charge in [-0.25, -0.2) is 4.79 Å². The van der Waals surface area contributed by atoms with Gasteiger partial charge in [-0.15, -0.1) is 12.3 Å². The molecule has 0 saturated carbocycles. The van der Waals surface area contributed by atoms with Crippen molar-refractivity contribution in [3.8, 4) is 12.3 Å². The van der Waals surface area contributed by atoms with Gasteiger partial charge in [0.2, 0.25) is 0 Å². The van der Waals surface area contributed by atoms with E-state index in [1.807, 2.05) is 30.3 Å². The SMILES string of the molecule is C#CC[C@H]1OC[C@@H](OCc2ccccc2)[C@@H](N(C)C(=O)OC(C)(C)C)[C@H]1O. The molecule has 148 valence electrons. The van der Waals surface area contributed by atoms with Crippen LogP contribution in [0.5, 0.6) is 0 Å². The Hall–Kier alpha value is -2.07. The predicted molar refractivity (Wildman–Crippen MR) is 102 cm³/mol. The van der Waals surface area contributed by atoms with Gasteiger partial charge < -0.3 is 24.2 Å². The van der Waals surface area contributed by atoms with Crippen molar-refractivity contribution < 1.29 is 24.1 Å². The first kappa shape index (κ1) is 21.2. The fourth-order valence-electron chi connectivity index (χ4n) is 3.01. The molecule has 1 amide bonds. The number of hydrogen-bond acceptors (Lipinski definition) is 5. The normalized spacial score (nSPS) is 25.5. The summed E-state index contributed by atoms with van der Waals surface area (Å²) in [5.41, 5.74) is 0.358. The second-order valence-electron chi connectivity index (χ2n) is 7.69. The van der Waals surface area contributed by atoms with Crippen LogP contribution in [0.25, 0.3) is 0 Å². The van der Waals surface area contributed by atoms with E-state index in [0.717, 1.165) is 5.56 Å². The molecule has 4 atom stereocenters. The summed E-state index contributed by atoms with van der Waals surface area (Å²) in [6.45, 7) is 5.96. The van der Waals surface area contributed by atoms with Crippen LogP contribution >= 0.6 is 0 Å². The summed E-state index contributed by atoms with van der Waals surface area (Å²) >= 11 is 0. The molecule has 1 aliphatic heterocycles. The third-order valence-electron chi connectivity index (χ3n) is 4.34. The fourth-order valence-corrected chi connectivity index (χ4v) is 3.01. The quantitative estimate of drug-likeness (QED) is 0.801. The highest BCUT2D eigenvalue weighted by atomic mass is 16.6. The molecule has 6 heteroatoms. The summed E-state index contributed by atoms with van der Waals surface area (Å²) < 4.78 is 17.1. The lowest BCUT2D eigenvalue weighted by Crippen LogP contribution is -2.61. The lowest BCUT2D eigenvalue weighted by Gasteiger charge is -2.44. The largest absolute Gasteiger partial charge is 0.444 e. The summed E-state index contributed by atoms with van der Waals surface area (Å²) in [5.74, 6) is 2.51. The maximum absolute atomic E-state index is 12.5. The van der Waals surface area contributed by atoms with Crippen molar-refractivity contribution in [3.05, 3.63) is 35.9 Å². The first-order chi connectivity index (χ1) is 12.7. The molecule has 0 unspecified atom stereocenters. The van der Waals surface area contributed by atoms with Crippen LogP contribution in [0.1, 0.15) is 32.8 Å². The van der Waals surface area contributed by atoms with Gasteiger partial charge in [0, 0.05) is 13.5 Å². The van der Waals surface area contributed by atoms with Crippen molar-refractivity contribution in [1.82, 2.24) is 4.90 Å². The summed E-state index contributed by atoms with van der Waals surface area (Å²) in [6, 6.07) is 9.06. The Morgan fingerprint density at radius 1 is 1.37 bits per heavy atom. The number of amides is 1. The van der Waals surface area contributed by atoms with Gasteiger partial charge in [0.25, 0.3) is 0 Å². The molecule has 1 aliphatic rings. The highest BCUT2D eigenvalue weighted by molar-refractivity contribution is 5.68. The van der Waals surface area contributed by atoms with E-state index in [2.05, 4.69) is 5.92 Å². The maximum Gasteiger partial charge on any atom is 0.410 e. The molecule has 1 heterocycles. The Balaban J connectivity index is 2.15. The molecule has 1 aromatic rings. The fraction of sp³-hybridized carbons (Fsp3) is 0.571. The zero-order chi connectivity index (χ0) is 20.0. The van der Waals surface area contributed by atoms with Crippen LogP contribution in [0.15, 0.2) is 30.3 Å². The molecule has 0 aliphatic carbocycles. The Labute approximate surface area is 161 Å². The van der Waals surface area contributed by atoms with E-state index >= 15 is 0 Å². The van der Waals surface area contributed by atoms with Crippen molar-refractivity contribution in [3.63, 3.8) is 0 Å². The number of nitrogens with zero attached hydrogens (tertiary/aromatic N) is 1. The van der Waals surface area contributed by atoms with Crippen LogP contribution in [0, 0.1) is 12.3 Å². The molecule has 0 radical (unpaired) electrons. The number of ether oxygens (including phenoxy) is 3. The van der Waals surface area contributed by atoms with Gasteiger partial charge in [-0.1, -0.05) is 30.3 Å². The van der Waals surface area contributed by atoms with Crippen LogP contribution in [0.3, 0.4) is 0 Å². The summed E-state index contributed by atoms with van der Waals surface area (Å²) in [7, 11) is 1.60. The van der Waals surface area contributed by atoms with Gasteiger partial charge in [0.05, 0.1) is 25.4 Å². The van der Waals surface area contributed by atoms with Crippen LogP contribution in [0.2, 0.25) is 0 Å². The molecule has 0 aromatic heterocycles. The summed E-state index contributed by atoms with van der Waals surface area (Å²) in [5, 5.41) is 10.8. The molecule has 27 heavy (non-hydrogen) atoms. The number of aliphatic hydroxyl groups excluding tert-OH is 1. The minimum Gasteiger partial charge on any atom is -0.444 e. The molecule has 0 bridgehead atoms. The number of carbonyl (C=O) groups excluding carboxylic acids is 1. The van der Waals surface area contributed by atoms with Gasteiger partial charge in [0.15, 0.2) is 0 Å². The van der Waals surface area contributed by atoms with Gasteiger partial charge in [-0.05, 0) is 26.3 Å². The standard InChI is InChI=1S/C21H29NO5/c1-6-10-16-19(23)18(22(5)20(24)27-21(2,3)4)17(14-26-16)25-13-15-11-8-7-9-12-15/h1,7-9,11-12,16-19,23H,10,13-14H2,2-5H3/t16-,17-,18-,19+/m1/s1. The Morgan fingerprint density at radius 2 is 2.04 bits per heavy atom. The molecular weight excluding hydrogens is 346 g/mol. The van der Waals surface area contributed by atoms with Gasteiger partial charge >= 0.3 is 6.09 Å². The first-order valence-corrected chi connectivity index (χ1v) is 9.07. The number of rotatable bonds is 5. The summed E-state index contributed by atoms with van der Waals surface area (Å²) in [6.07, 6.45) is 3.07. The van der Waals surface area contributed by atoms with E-state index in [-0.39, 0.29) is 13.0 Å². The van der Waals surface area contributed by atoms with Gasteiger partial charge in [0.1, 0.15) is 17.8 Å². The van der Waals surface area contributed by atoms with Crippen molar-refractivity contribution in [2.75, 3.05) is 13.7 Å². The summed E-state index contributed by atoms with van der Waals surface area (Å²) in [4.78, 5) is 13.9. The molecule has 0 spiro atoms. The molecule has 1 aromatic carbocycles. The van der Waals surface area contributed by atoms with Crippen molar-refractivity contribution >= 4 is 6.09 Å². The van der Waals surface area contributed by atoms with Crippen LogP contribution in [-0.2, 0) is 20.8 Å². The van der Waals surface area contributed by atoms with Crippen molar-refractivity contribution in [1.29, 1.82) is 0 Å². The second kappa shape index (κ2) is 9.23. The average Bonchev–Trinajstić information content (AvgIpc) is 2.61. The lowest BCUT2D eigenvalue weighted by molar-refractivity contribution is -0.179. The minimum atomic E-state index is -0.979. The maximum atomic E-state index is 12.5. The lowest BCUT2D eigenvalue weighted by atomic mass is 9.94. The van der Waals surface area contributed by atoms with Crippen molar-refractivity contribution in [2.45, 2.75) is 63.8 Å². The van der Waals surface area contributed by atoms with Crippen LogP contribution in [0.4, 0.5) is 4.79 Å². The molecule has 2 rings (SSSR count). The number of likely N-dealkylation sites (N-methyl/N-ethyl adjacent to an activating group) is 1. The van der Waals surface area contributed by atoms with Crippen LogP contribution in [-0.4, -0.2) is 59.7 Å². The number of terminal acetylenes is 1. The molecule has 1 N–H and O–H groups in total. The highest BCUT2D eigenvalue weighted by Crippen LogP contribution is 2.26. The Kier molecular flexibility index (Phi) is 7.25. The number of carbonyl (C=O) groups is 1. The van der Waals surface area contributed by atoms with E-state index in [1.165, 1.54) is 4.90 Å². The zero-order valence-corrected chi connectivity index (χ0v) is 16.4.